The molecule has 116 valence electrons. The van der Waals surface area contributed by atoms with Crippen LogP contribution in [0.2, 0.25) is 0 Å². The van der Waals surface area contributed by atoms with Gasteiger partial charge in [0.05, 0.1) is 22.4 Å². The first-order valence-electron chi connectivity index (χ1n) is 6.99. The van der Waals surface area contributed by atoms with E-state index in [2.05, 4.69) is 10.6 Å². The van der Waals surface area contributed by atoms with Crippen LogP contribution in [0.15, 0.2) is 10.6 Å². The first kappa shape index (κ1) is 18.5. The number of rotatable bonds is 10. The summed E-state index contributed by atoms with van der Waals surface area (Å²) in [7, 11) is 0. The molecule has 0 spiro atoms. The van der Waals surface area contributed by atoms with Crippen LogP contribution >= 0.6 is 0 Å². The molecule has 0 saturated heterocycles. The highest BCUT2D eigenvalue weighted by molar-refractivity contribution is 5.82. The fraction of sp³-hybridized carbons (Fsp3) is 0.857. The van der Waals surface area contributed by atoms with E-state index in [1.807, 2.05) is 27.7 Å². The third-order valence-electron chi connectivity index (χ3n) is 2.91. The van der Waals surface area contributed by atoms with Crippen LogP contribution in [0, 0.1) is 23.7 Å². The predicted molar refractivity (Wildman–Crippen MR) is 74.8 cm³/mol. The van der Waals surface area contributed by atoms with Crippen LogP contribution in [0.3, 0.4) is 0 Å². The van der Waals surface area contributed by atoms with Gasteiger partial charge in [-0.05, 0) is 0 Å². The number of carbonyl (C=O) groups is 2. The minimum atomic E-state index is -0.226. The van der Waals surface area contributed by atoms with Crippen molar-refractivity contribution in [1.29, 1.82) is 0 Å². The molecular formula is C14H26N2O4. The summed E-state index contributed by atoms with van der Waals surface area (Å²) in [6, 6.07) is 0. The third kappa shape index (κ3) is 7.21. The second-order valence-corrected chi connectivity index (χ2v) is 5.67. The molecule has 0 amide bonds. The standard InChI is InChI=1S/C14H26N2O4/c1-9(2)13(17)11(5)7-19-15-16-20-8-12(6)14(18)10(3)4/h9-12H,7-8H2,1-6H3. The van der Waals surface area contributed by atoms with Crippen LogP contribution in [0.25, 0.3) is 0 Å². The molecule has 2 atom stereocenters. The van der Waals surface area contributed by atoms with Gasteiger partial charge < -0.3 is 9.68 Å². The number of hydrogen-bond acceptors (Lipinski definition) is 6. The summed E-state index contributed by atoms with van der Waals surface area (Å²) < 4.78 is 0. The van der Waals surface area contributed by atoms with E-state index >= 15 is 0 Å². The van der Waals surface area contributed by atoms with Gasteiger partial charge in [0.2, 0.25) is 0 Å². The minimum Gasteiger partial charge on any atom is -0.376 e. The Morgan fingerprint density at radius 3 is 1.30 bits per heavy atom. The van der Waals surface area contributed by atoms with E-state index in [1.54, 1.807) is 13.8 Å². The van der Waals surface area contributed by atoms with E-state index in [0.717, 1.165) is 0 Å². The van der Waals surface area contributed by atoms with Crippen LogP contribution in [-0.2, 0) is 19.3 Å². The van der Waals surface area contributed by atoms with Crippen LogP contribution in [0.1, 0.15) is 41.5 Å². The summed E-state index contributed by atoms with van der Waals surface area (Å²) in [4.78, 5) is 32.9. The van der Waals surface area contributed by atoms with E-state index in [1.165, 1.54) is 0 Å². The molecule has 0 aliphatic heterocycles. The quantitative estimate of drug-likeness (QED) is 0.457. The molecule has 0 aromatic heterocycles. The van der Waals surface area contributed by atoms with Crippen LogP contribution in [0.5, 0.6) is 0 Å². The lowest BCUT2D eigenvalue weighted by molar-refractivity contribution is -0.129. The van der Waals surface area contributed by atoms with Gasteiger partial charge in [-0.3, -0.25) is 9.59 Å². The summed E-state index contributed by atoms with van der Waals surface area (Å²) >= 11 is 0. The van der Waals surface area contributed by atoms with Crippen LogP contribution < -0.4 is 0 Å². The lowest BCUT2D eigenvalue weighted by Crippen LogP contribution is -2.21. The van der Waals surface area contributed by atoms with Crippen molar-refractivity contribution in [1.82, 2.24) is 0 Å². The Kier molecular flexibility index (Phi) is 8.76. The second kappa shape index (κ2) is 9.44. The molecule has 6 nitrogen and oxygen atoms in total. The highest BCUT2D eigenvalue weighted by atomic mass is 16.7. The molecule has 0 aromatic rings. The Morgan fingerprint density at radius 1 is 0.750 bits per heavy atom. The predicted octanol–water partition coefficient (Wildman–Crippen LogP) is 3.02. The van der Waals surface area contributed by atoms with Crippen molar-refractivity contribution >= 4 is 11.6 Å². The summed E-state index contributed by atoms with van der Waals surface area (Å²) in [6.45, 7) is 11.3. The fourth-order valence-corrected chi connectivity index (χ4v) is 1.64. The van der Waals surface area contributed by atoms with Crippen molar-refractivity contribution < 1.29 is 19.3 Å². The van der Waals surface area contributed by atoms with Crippen molar-refractivity contribution in [3.8, 4) is 0 Å². The molecule has 0 saturated carbocycles. The molecule has 0 aliphatic rings. The maximum Gasteiger partial charge on any atom is 0.141 e. The lowest BCUT2D eigenvalue weighted by atomic mass is 9.98. The van der Waals surface area contributed by atoms with Crippen molar-refractivity contribution in [2.24, 2.45) is 34.2 Å². The summed E-state index contributed by atoms with van der Waals surface area (Å²) in [6.07, 6.45) is 0. The van der Waals surface area contributed by atoms with Crippen molar-refractivity contribution in [2.75, 3.05) is 13.2 Å². The number of ketones is 2. The number of carbonyl (C=O) groups excluding carboxylic acids is 2. The van der Waals surface area contributed by atoms with Gasteiger partial charge in [0.1, 0.15) is 24.8 Å². The van der Waals surface area contributed by atoms with Crippen LogP contribution in [0.4, 0.5) is 0 Å². The first-order valence-corrected chi connectivity index (χ1v) is 6.99. The lowest BCUT2D eigenvalue weighted by Gasteiger charge is -2.11. The smallest absolute Gasteiger partial charge is 0.141 e. The van der Waals surface area contributed by atoms with Crippen molar-refractivity contribution in [2.45, 2.75) is 41.5 Å². The monoisotopic (exact) mass is 286 g/mol. The van der Waals surface area contributed by atoms with E-state index in [4.69, 9.17) is 9.68 Å². The Balaban J connectivity index is 3.83. The fourth-order valence-electron chi connectivity index (χ4n) is 1.64. The molecule has 0 aliphatic carbocycles. The number of nitrogens with zero attached hydrogens (tertiary/aromatic N) is 2. The van der Waals surface area contributed by atoms with Gasteiger partial charge in [-0.1, -0.05) is 41.5 Å². The van der Waals surface area contributed by atoms with Crippen LogP contribution in [-0.4, -0.2) is 24.8 Å². The summed E-state index contributed by atoms with van der Waals surface area (Å²) in [5.74, 6) is -0.255. The molecule has 0 radical (unpaired) electrons. The van der Waals surface area contributed by atoms with Gasteiger partial charge in [-0.25, -0.2) is 0 Å². The molecular weight excluding hydrogens is 260 g/mol. The number of hydrogen-bond donors (Lipinski definition) is 0. The van der Waals surface area contributed by atoms with E-state index < -0.39 is 0 Å². The summed E-state index contributed by atoms with van der Waals surface area (Å²) in [5.41, 5.74) is 0. The largest absolute Gasteiger partial charge is 0.376 e. The normalized spacial score (nSPS) is 14.6. The average molecular weight is 286 g/mol. The SMILES string of the molecule is CC(C)C(=O)C(C)CON=NOCC(C)C(=O)C(C)C. The zero-order valence-electron chi connectivity index (χ0n) is 13.3. The zero-order chi connectivity index (χ0) is 15.7. The Morgan fingerprint density at radius 2 is 1.05 bits per heavy atom. The number of Topliss-reactive ketones (excluding diaryl/α,β-unsaturated/α-hetero) is 2. The second-order valence-electron chi connectivity index (χ2n) is 5.67. The van der Waals surface area contributed by atoms with E-state index in [9.17, 15) is 9.59 Å². The van der Waals surface area contributed by atoms with Gasteiger partial charge in [0.25, 0.3) is 0 Å². The maximum absolute atomic E-state index is 11.6. The molecule has 0 aromatic carbocycles. The topological polar surface area (TPSA) is 77.3 Å². The van der Waals surface area contributed by atoms with Gasteiger partial charge in [0.15, 0.2) is 0 Å². The summed E-state index contributed by atoms with van der Waals surface area (Å²) in [5, 5.41) is 6.74. The minimum absolute atomic E-state index is 0.0234. The maximum atomic E-state index is 11.6. The first-order chi connectivity index (χ1) is 9.27. The molecule has 0 N–H and O–H groups in total. The molecule has 0 rings (SSSR count). The van der Waals surface area contributed by atoms with Crippen molar-refractivity contribution in [3.05, 3.63) is 0 Å². The van der Waals surface area contributed by atoms with Gasteiger partial charge in [-0.15, -0.1) is 0 Å². The molecule has 6 heteroatoms. The highest BCUT2D eigenvalue weighted by Crippen LogP contribution is 2.08. The van der Waals surface area contributed by atoms with Gasteiger partial charge in [0, 0.05) is 11.8 Å². The molecule has 0 bridgehead atoms. The Bertz CT molecular complexity index is 308. The highest BCUT2D eigenvalue weighted by Gasteiger charge is 2.17. The van der Waals surface area contributed by atoms with E-state index in [-0.39, 0.29) is 48.5 Å². The Labute approximate surface area is 120 Å². The molecule has 0 fully saturated rings. The van der Waals surface area contributed by atoms with Gasteiger partial charge >= 0.3 is 0 Å². The van der Waals surface area contributed by atoms with Gasteiger partial charge in [-0.2, -0.15) is 0 Å². The molecule has 2 unspecified atom stereocenters. The molecule has 20 heavy (non-hydrogen) atoms. The van der Waals surface area contributed by atoms with E-state index in [0.29, 0.717) is 0 Å². The third-order valence-corrected chi connectivity index (χ3v) is 2.91. The van der Waals surface area contributed by atoms with Crippen molar-refractivity contribution in [3.63, 3.8) is 0 Å². The average Bonchev–Trinajstić information content (AvgIpc) is 2.39. The Hall–Kier alpha value is -1.46. The zero-order valence-corrected chi connectivity index (χ0v) is 13.3. The molecule has 0 heterocycles.